The lowest BCUT2D eigenvalue weighted by Gasteiger charge is -2.10. The van der Waals surface area contributed by atoms with Crippen molar-refractivity contribution in [3.8, 4) is 5.75 Å². The van der Waals surface area contributed by atoms with Crippen LogP contribution < -0.4 is 4.74 Å². The highest BCUT2D eigenvalue weighted by Crippen LogP contribution is 2.25. The summed E-state index contributed by atoms with van der Waals surface area (Å²) in [6.07, 6.45) is 2.62. The normalized spacial score (nSPS) is 11.0. The first-order valence-electron chi connectivity index (χ1n) is 8.72. The van der Waals surface area contributed by atoms with Crippen LogP contribution >= 0.6 is 0 Å². The fraction of sp³-hybridized carbons (Fsp3) is 0.500. The Morgan fingerprint density at radius 1 is 1.30 bits per heavy atom. The number of nitrogens with zero attached hydrogens (tertiary/aromatic N) is 4. The van der Waals surface area contributed by atoms with E-state index in [4.69, 9.17) is 9.47 Å². The van der Waals surface area contributed by atoms with Gasteiger partial charge in [-0.05, 0) is 24.5 Å². The summed E-state index contributed by atoms with van der Waals surface area (Å²) in [5, 5.41) is 19.3. The highest BCUT2D eigenvalue weighted by atomic mass is 16.6. The van der Waals surface area contributed by atoms with Crippen LogP contribution in [-0.2, 0) is 29.3 Å². The van der Waals surface area contributed by atoms with Gasteiger partial charge in [0.1, 0.15) is 12.4 Å². The summed E-state index contributed by atoms with van der Waals surface area (Å²) in [6, 6.07) is 4.33. The van der Waals surface area contributed by atoms with E-state index in [0.717, 1.165) is 12.1 Å². The van der Waals surface area contributed by atoms with Crippen molar-refractivity contribution in [2.45, 2.75) is 47.5 Å². The fourth-order valence-corrected chi connectivity index (χ4v) is 2.32. The Labute approximate surface area is 157 Å². The van der Waals surface area contributed by atoms with Crippen molar-refractivity contribution in [1.29, 1.82) is 0 Å². The summed E-state index contributed by atoms with van der Waals surface area (Å²) in [4.78, 5) is 22.3. The average molecular weight is 376 g/mol. The number of hydrogen-bond acceptors (Lipinski definition) is 7. The molecule has 0 amide bonds. The summed E-state index contributed by atoms with van der Waals surface area (Å²) < 4.78 is 12.3. The minimum absolute atomic E-state index is 0.119. The maximum absolute atomic E-state index is 11.6. The minimum atomic E-state index is -0.516. The third-order valence-corrected chi connectivity index (χ3v) is 3.66. The standard InChI is InChI=1S/C18H24N4O5/c1-12(2)7-15-9-21(20-19-15)11-27-16-5-6-17(22(24)25)14(8-16)10-26-18(23)13(3)4/h5-6,8-9,12-13H,7,10-11H2,1-4H3. The molecule has 2 rings (SSSR count). The minimum Gasteiger partial charge on any atom is -0.471 e. The van der Waals surface area contributed by atoms with Crippen LogP contribution in [0.15, 0.2) is 24.4 Å². The largest absolute Gasteiger partial charge is 0.471 e. The lowest BCUT2D eigenvalue weighted by atomic mass is 10.1. The SMILES string of the molecule is CC(C)Cc1cn(COc2ccc([N+](=O)[O-])c(COC(=O)C(C)C)c2)nn1. The summed E-state index contributed by atoms with van der Waals surface area (Å²) in [5.74, 6) is 0.158. The topological polar surface area (TPSA) is 109 Å². The molecule has 9 heteroatoms. The molecule has 0 saturated carbocycles. The van der Waals surface area contributed by atoms with E-state index in [1.54, 1.807) is 24.7 Å². The van der Waals surface area contributed by atoms with E-state index in [2.05, 4.69) is 24.2 Å². The van der Waals surface area contributed by atoms with Gasteiger partial charge in [0.25, 0.3) is 5.69 Å². The fourth-order valence-electron chi connectivity index (χ4n) is 2.32. The van der Waals surface area contributed by atoms with Gasteiger partial charge in [-0.1, -0.05) is 32.9 Å². The summed E-state index contributed by atoms with van der Waals surface area (Å²) in [7, 11) is 0. The Kier molecular flexibility index (Phi) is 6.86. The van der Waals surface area contributed by atoms with Crippen LogP contribution in [0.1, 0.15) is 39.0 Å². The van der Waals surface area contributed by atoms with E-state index < -0.39 is 10.9 Å². The van der Waals surface area contributed by atoms with E-state index in [9.17, 15) is 14.9 Å². The number of carbonyl (C=O) groups is 1. The zero-order valence-electron chi connectivity index (χ0n) is 15.9. The van der Waals surface area contributed by atoms with Crippen molar-refractivity contribution >= 4 is 11.7 Å². The number of aromatic nitrogens is 3. The highest BCUT2D eigenvalue weighted by molar-refractivity contribution is 5.71. The predicted octanol–water partition coefficient (Wildman–Crippen LogP) is 3.12. The molecule has 0 saturated heterocycles. The molecule has 0 fully saturated rings. The Morgan fingerprint density at radius 3 is 2.67 bits per heavy atom. The second-order valence-electron chi connectivity index (χ2n) is 6.93. The van der Waals surface area contributed by atoms with Gasteiger partial charge in [0.05, 0.1) is 28.3 Å². The molecule has 0 aliphatic rings. The molecule has 146 valence electrons. The van der Waals surface area contributed by atoms with Crippen molar-refractivity contribution in [3.63, 3.8) is 0 Å². The first kappa shape index (κ1) is 20.3. The number of carbonyl (C=O) groups excluding carboxylic acids is 1. The van der Waals surface area contributed by atoms with E-state index >= 15 is 0 Å². The molecule has 0 unspecified atom stereocenters. The second kappa shape index (κ2) is 9.11. The Bertz CT molecular complexity index is 801. The van der Waals surface area contributed by atoms with Gasteiger partial charge in [-0.2, -0.15) is 0 Å². The summed E-state index contributed by atoms with van der Waals surface area (Å²) >= 11 is 0. The molecule has 2 aromatic rings. The molecule has 1 heterocycles. The maximum atomic E-state index is 11.6. The first-order chi connectivity index (χ1) is 12.8. The van der Waals surface area contributed by atoms with Gasteiger partial charge >= 0.3 is 5.97 Å². The Morgan fingerprint density at radius 2 is 2.04 bits per heavy atom. The van der Waals surface area contributed by atoms with E-state index in [1.807, 2.05) is 0 Å². The Balaban J connectivity index is 2.06. The molecular weight excluding hydrogens is 352 g/mol. The van der Waals surface area contributed by atoms with Gasteiger partial charge < -0.3 is 9.47 Å². The number of nitro benzene ring substituents is 1. The van der Waals surface area contributed by atoms with Gasteiger partial charge in [0.2, 0.25) is 0 Å². The van der Waals surface area contributed by atoms with Crippen molar-refractivity contribution in [1.82, 2.24) is 15.0 Å². The van der Waals surface area contributed by atoms with Crippen LogP contribution in [0.5, 0.6) is 5.75 Å². The number of hydrogen-bond donors (Lipinski definition) is 0. The van der Waals surface area contributed by atoms with Gasteiger partial charge in [-0.15, -0.1) is 5.10 Å². The predicted molar refractivity (Wildman–Crippen MR) is 96.9 cm³/mol. The maximum Gasteiger partial charge on any atom is 0.308 e. The highest BCUT2D eigenvalue weighted by Gasteiger charge is 2.17. The number of nitro groups is 1. The van der Waals surface area contributed by atoms with Crippen LogP contribution in [0.4, 0.5) is 5.69 Å². The van der Waals surface area contributed by atoms with E-state index in [1.165, 1.54) is 18.2 Å². The quantitative estimate of drug-likeness (QED) is 0.376. The molecule has 0 radical (unpaired) electrons. The monoisotopic (exact) mass is 376 g/mol. The van der Waals surface area contributed by atoms with Gasteiger partial charge in [0.15, 0.2) is 6.73 Å². The molecule has 0 bridgehead atoms. The average Bonchev–Trinajstić information content (AvgIpc) is 3.04. The van der Waals surface area contributed by atoms with Crippen molar-refractivity contribution in [2.24, 2.45) is 11.8 Å². The molecule has 1 aromatic heterocycles. The van der Waals surface area contributed by atoms with Gasteiger partial charge in [-0.3, -0.25) is 14.9 Å². The first-order valence-corrected chi connectivity index (χ1v) is 8.72. The summed E-state index contributed by atoms with van der Waals surface area (Å²) in [6.45, 7) is 7.52. The molecule has 0 aliphatic carbocycles. The third kappa shape index (κ3) is 6.05. The zero-order chi connectivity index (χ0) is 20.0. The van der Waals surface area contributed by atoms with E-state index in [-0.39, 0.29) is 30.5 Å². The van der Waals surface area contributed by atoms with Crippen LogP contribution in [0.3, 0.4) is 0 Å². The van der Waals surface area contributed by atoms with Gasteiger partial charge in [0, 0.05) is 6.07 Å². The molecular formula is C18H24N4O5. The number of rotatable bonds is 9. The molecule has 0 atom stereocenters. The van der Waals surface area contributed by atoms with Crippen molar-refractivity contribution in [3.05, 3.63) is 45.8 Å². The molecule has 27 heavy (non-hydrogen) atoms. The number of esters is 1. The van der Waals surface area contributed by atoms with Crippen LogP contribution in [-0.4, -0.2) is 25.9 Å². The molecule has 9 nitrogen and oxygen atoms in total. The second-order valence-corrected chi connectivity index (χ2v) is 6.93. The Hall–Kier alpha value is -2.97. The van der Waals surface area contributed by atoms with Crippen molar-refractivity contribution < 1.29 is 19.2 Å². The zero-order valence-corrected chi connectivity index (χ0v) is 15.9. The molecule has 0 aliphatic heterocycles. The smallest absolute Gasteiger partial charge is 0.308 e. The van der Waals surface area contributed by atoms with E-state index in [0.29, 0.717) is 11.7 Å². The molecule has 1 aromatic carbocycles. The lowest BCUT2D eigenvalue weighted by Crippen LogP contribution is -2.12. The molecule has 0 spiro atoms. The van der Waals surface area contributed by atoms with Crippen LogP contribution in [0.25, 0.3) is 0 Å². The van der Waals surface area contributed by atoms with Crippen LogP contribution in [0, 0.1) is 22.0 Å². The number of ether oxygens (including phenoxy) is 2. The summed E-state index contributed by atoms with van der Waals surface area (Å²) in [5.41, 5.74) is 1.02. The molecule has 0 N–H and O–H groups in total. The van der Waals surface area contributed by atoms with Crippen LogP contribution in [0.2, 0.25) is 0 Å². The third-order valence-electron chi connectivity index (χ3n) is 3.66. The number of benzene rings is 1. The lowest BCUT2D eigenvalue weighted by molar-refractivity contribution is -0.385. The van der Waals surface area contributed by atoms with Crippen molar-refractivity contribution in [2.75, 3.05) is 0 Å². The van der Waals surface area contributed by atoms with Gasteiger partial charge in [-0.25, -0.2) is 4.68 Å².